The lowest BCUT2D eigenvalue weighted by Crippen LogP contribution is -2.35. The molecule has 0 saturated heterocycles. The van der Waals surface area contributed by atoms with Crippen molar-refractivity contribution in [3.8, 4) is 0 Å². The molecule has 1 aromatic carbocycles. The minimum Gasteiger partial charge on any atom is -0.389 e. The first-order valence-corrected chi connectivity index (χ1v) is 7.26. The Morgan fingerprint density at radius 1 is 1.26 bits per heavy atom. The normalized spacial score (nSPS) is 14.2. The summed E-state index contributed by atoms with van der Waals surface area (Å²) in [4.78, 5) is 2.10. The van der Waals surface area contributed by atoms with E-state index in [2.05, 4.69) is 25.7 Å². The zero-order valence-electron chi connectivity index (χ0n) is 12.5. The van der Waals surface area contributed by atoms with Crippen molar-refractivity contribution in [1.29, 1.82) is 0 Å². The van der Waals surface area contributed by atoms with E-state index < -0.39 is 6.10 Å². The van der Waals surface area contributed by atoms with Crippen LogP contribution in [0.15, 0.2) is 18.2 Å². The van der Waals surface area contributed by atoms with E-state index in [1.807, 2.05) is 6.07 Å². The van der Waals surface area contributed by atoms with E-state index in [0.717, 1.165) is 25.8 Å². The maximum Gasteiger partial charge on any atom is 0.146 e. The summed E-state index contributed by atoms with van der Waals surface area (Å²) in [7, 11) is 0. The summed E-state index contributed by atoms with van der Waals surface area (Å²) in [6, 6.07) is 5.21. The van der Waals surface area contributed by atoms with Crippen LogP contribution in [0.2, 0.25) is 0 Å². The summed E-state index contributed by atoms with van der Waals surface area (Å²) < 4.78 is 14.2. The third-order valence-electron chi connectivity index (χ3n) is 3.63. The average Bonchev–Trinajstić information content (AvgIpc) is 2.39. The first-order valence-electron chi connectivity index (χ1n) is 7.26. The SMILES string of the molecule is CCCCN(c1c(F)cccc1[C@@H](C)O)C(C)CC. The predicted octanol–water partition coefficient (Wildman–Crippen LogP) is 4.28. The summed E-state index contributed by atoms with van der Waals surface area (Å²) in [6.07, 6.45) is 2.40. The minimum atomic E-state index is -0.654. The molecule has 1 aromatic rings. The Morgan fingerprint density at radius 2 is 1.95 bits per heavy atom. The smallest absolute Gasteiger partial charge is 0.146 e. The van der Waals surface area contributed by atoms with E-state index in [4.69, 9.17) is 0 Å². The fraction of sp³-hybridized carbons (Fsp3) is 0.625. The molecule has 0 radical (unpaired) electrons. The van der Waals surface area contributed by atoms with Crippen LogP contribution in [0, 0.1) is 5.82 Å². The fourth-order valence-electron chi connectivity index (χ4n) is 2.27. The quantitative estimate of drug-likeness (QED) is 0.797. The van der Waals surface area contributed by atoms with Gasteiger partial charge in [0.05, 0.1) is 11.8 Å². The Labute approximate surface area is 116 Å². The summed E-state index contributed by atoms with van der Waals surface area (Å²) in [6.45, 7) is 8.85. The number of aliphatic hydroxyl groups is 1. The zero-order valence-corrected chi connectivity index (χ0v) is 12.5. The van der Waals surface area contributed by atoms with Crippen LogP contribution in [0.5, 0.6) is 0 Å². The molecule has 0 fully saturated rings. The lowest BCUT2D eigenvalue weighted by molar-refractivity contribution is 0.199. The van der Waals surface area contributed by atoms with E-state index in [9.17, 15) is 9.50 Å². The minimum absolute atomic E-state index is 0.241. The van der Waals surface area contributed by atoms with Crippen molar-refractivity contribution in [2.75, 3.05) is 11.4 Å². The van der Waals surface area contributed by atoms with Crippen LogP contribution in [-0.4, -0.2) is 17.7 Å². The molecule has 0 saturated carbocycles. The molecule has 0 aliphatic heterocycles. The van der Waals surface area contributed by atoms with Gasteiger partial charge >= 0.3 is 0 Å². The third-order valence-corrected chi connectivity index (χ3v) is 3.63. The standard InChI is InChI=1S/C16H26FNO/c1-5-7-11-18(12(3)6-2)16-14(13(4)19)9-8-10-15(16)17/h8-10,12-13,19H,5-7,11H2,1-4H3/t12?,13-/m1/s1. The van der Waals surface area contributed by atoms with Gasteiger partial charge in [0.1, 0.15) is 5.82 Å². The van der Waals surface area contributed by atoms with E-state index >= 15 is 0 Å². The number of rotatable bonds is 7. The van der Waals surface area contributed by atoms with Gasteiger partial charge in [-0.1, -0.05) is 32.4 Å². The highest BCUT2D eigenvalue weighted by Gasteiger charge is 2.21. The first-order chi connectivity index (χ1) is 9.02. The monoisotopic (exact) mass is 267 g/mol. The summed E-state index contributed by atoms with van der Waals surface area (Å²) in [5.41, 5.74) is 1.25. The second-order valence-electron chi connectivity index (χ2n) is 5.16. The molecule has 0 heterocycles. The molecule has 3 heteroatoms. The fourth-order valence-corrected chi connectivity index (χ4v) is 2.27. The molecule has 1 rings (SSSR count). The maximum absolute atomic E-state index is 14.2. The van der Waals surface area contributed by atoms with Crippen molar-refractivity contribution in [2.24, 2.45) is 0 Å². The van der Waals surface area contributed by atoms with Crippen molar-refractivity contribution < 1.29 is 9.50 Å². The third kappa shape index (κ3) is 3.93. The van der Waals surface area contributed by atoms with Crippen LogP contribution in [0.3, 0.4) is 0 Å². The summed E-state index contributed by atoms with van der Waals surface area (Å²) in [5, 5.41) is 9.86. The van der Waals surface area contributed by atoms with Crippen molar-refractivity contribution in [2.45, 2.75) is 59.1 Å². The number of aliphatic hydroxyl groups excluding tert-OH is 1. The van der Waals surface area contributed by atoms with Crippen molar-refractivity contribution in [3.63, 3.8) is 0 Å². The lowest BCUT2D eigenvalue weighted by Gasteiger charge is -2.33. The van der Waals surface area contributed by atoms with Gasteiger partial charge in [-0.15, -0.1) is 0 Å². The second-order valence-corrected chi connectivity index (χ2v) is 5.16. The van der Waals surface area contributed by atoms with Crippen LogP contribution in [-0.2, 0) is 0 Å². The number of nitrogens with zero attached hydrogens (tertiary/aromatic N) is 1. The van der Waals surface area contributed by atoms with Gasteiger partial charge in [0.15, 0.2) is 0 Å². The van der Waals surface area contributed by atoms with Crippen LogP contribution < -0.4 is 4.90 Å². The summed E-state index contributed by atoms with van der Waals surface area (Å²) in [5.74, 6) is -0.241. The van der Waals surface area contributed by atoms with Gasteiger partial charge in [0.2, 0.25) is 0 Å². The van der Waals surface area contributed by atoms with Gasteiger partial charge in [0.25, 0.3) is 0 Å². The summed E-state index contributed by atoms with van der Waals surface area (Å²) >= 11 is 0. The molecule has 0 aromatic heterocycles. The molecule has 2 atom stereocenters. The molecule has 0 amide bonds. The largest absolute Gasteiger partial charge is 0.389 e. The molecular formula is C16H26FNO. The van der Waals surface area contributed by atoms with Gasteiger partial charge in [-0.2, -0.15) is 0 Å². The number of hydrogen-bond acceptors (Lipinski definition) is 2. The molecule has 2 nitrogen and oxygen atoms in total. The van der Waals surface area contributed by atoms with Gasteiger partial charge in [0, 0.05) is 18.2 Å². The molecule has 0 bridgehead atoms. The van der Waals surface area contributed by atoms with E-state index in [-0.39, 0.29) is 11.9 Å². The van der Waals surface area contributed by atoms with Crippen molar-refractivity contribution >= 4 is 5.69 Å². The molecular weight excluding hydrogens is 241 g/mol. The van der Waals surface area contributed by atoms with Crippen LogP contribution in [0.25, 0.3) is 0 Å². The van der Waals surface area contributed by atoms with Gasteiger partial charge in [-0.25, -0.2) is 4.39 Å². The Bertz CT molecular complexity index is 392. The number of unbranched alkanes of at least 4 members (excludes halogenated alkanes) is 1. The Morgan fingerprint density at radius 3 is 2.47 bits per heavy atom. The molecule has 1 N–H and O–H groups in total. The van der Waals surface area contributed by atoms with Crippen LogP contribution >= 0.6 is 0 Å². The maximum atomic E-state index is 14.2. The Kier molecular flexibility index (Phi) is 6.29. The Balaban J connectivity index is 3.20. The number of hydrogen-bond donors (Lipinski definition) is 1. The average molecular weight is 267 g/mol. The van der Waals surface area contributed by atoms with Crippen LogP contribution in [0.4, 0.5) is 10.1 Å². The zero-order chi connectivity index (χ0) is 14.4. The van der Waals surface area contributed by atoms with E-state index in [1.165, 1.54) is 6.07 Å². The van der Waals surface area contributed by atoms with Gasteiger partial charge < -0.3 is 10.0 Å². The van der Waals surface area contributed by atoms with E-state index in [0.29, 0.717) is 11.3 Å². The molecule has 0 aliphatic rings. The number of anilines is 1. The Hall–Kier alpha value is -1.09. The predicted molar refractivity (Wildman–Crippen MR) is 79.0 cm³/mol. The van der Waals surface area contributed by atoms with Crippen molar-refractivity contribution in [3.05, 3.63) is 29.6 Å². The molecule has 1 unspecified atom stereocenters. The highest BCUT2D eigenvalue weighted by atomic mass is 19.1. The lowest BCUT2D eigenvalue weighted by atomic mass is 10.0. The highest BCUT2D eigenvalue weighted by Crippen LogP contribution is 2.31. The highest BCUT2D eigenvalue weighted by molar-refractivity contribution is 5.56. The van der Waals surface area contributed by atoms with Gasteiger partial charge in [-0.3, -0.25) is 0 Å². The van der Waals surface area contributed by atoms with Crippen LogP contribution in [0.1, 0.15) is 58.6 Å². The molecule has 108 valence electrons. The van der Waals surface area contributed by atoms with Gasteiger partial charge in [-0.05, 0) is 32.8 Å². The van der Waals surface area contributed by atoms with Crippen molar-refractivity contribution in [1.82, 2.24) is 0 Å². The molecule has 0 spiro atoms. The number of halogens is 1. The number of para-hydroxylation sites is 1. The molecule has 0 aliphatic carbocycles. The van der Waals surface area contributed by atoms with E-state index in [1.54, 1.807) is 13.0 Å². The second kappa shape index (κ2) is 7.49. The topological polar surface area (TPSA) is 23.5 Å². The first kappa shape index (κ1) is 16.0. The molecule has 19 heavy (non-hydrogen) atoms. The number of benzene rings is 1.